The summed E-state index contributed by atoms with van der Waals surface area (Å²) in [7, 11) is 0. The van der Waals surface area contributed by atoms with Gasteiger partial charge in [0.1, 0.15) is 5.52 Å². The van der Waals surface area contributed by atoms with Crippen molar-refractivity contribution in [3.05, 3.63) is 46.8 Å². The molecule has 0 amide bonds. The maximum atomic E-state index is 10.4. The maximum Gasteiger partial charge on any atom is 0.269 e. The maximum absolute atomic E-state index is 10.4. The van der Waals surface area contributed by atoms with Crippen molar-refractivity contribution in [1.82, 2.24) is 4.98 Å². The fourth-order valence-electron chi connectivity index (χ4n) is 1.14. The summed E-state index contributed by atoms with van der Waals surface area (Å²) in [5.41, 5.74) is 1.49. The first-order chi connectivity index (χ1) is 6.68. The summed E-state index contributed by atoms with van der Waals surface area (Å²) in [6.45, 7) is 3.36. The molecule has 1 heterocycles. The monoisotopic (exact) mass is 190 g/mol. The molecule has 0 fully saturated rings. The second-order valence-corrected chi connectivity index (χ2v) is 2.74. The standard InChI is InChI=1S/C9H6N2O3/c1-6(11(12)13)7-2-3-9-8(4-7)10-5-14-9/h2-5H,1H2. The van der Waals surface area contributed by atoms with E-state index in [-0.39, 0.29) is 5.70 Å². The van der Waals surface area contributed by atoms with E-state index >= 15 is 0 Å². The number of hydrogen-bond donors (Lipinski definition) is 0. The van der Waals surface area contributed by atoms with Crippen molar-refractivity contribution in [2.24, 2.45) is 0 Å². The number of oxazole rings is 1. The zero-order valence-corrected chi connectivity index (χ0v) is 7.14. The van der Waals surface area contributed by atoms with Gasteiger partial charge < -0.3 is 4.42 Å². The van der Waals surface area contributed by atoms with Crippen molar-refractivity contribution < 1.29 is 9.34 Å². The summed E-state index contributed by atoms with van der Waals surface area (Å²) in [5.74, 6) is 0. The lowest BCUT2D eigenvalue weighted by Gasteiger charge is -1.95. The quantitative estimate of drug-likeness (QED) is 0.537. The molecule has 1 aromatic heterocycles. The summed E-state index contributed by atoms with van der Waals surface area (Å²) in [6.07, 6.45) is 1.30. The van der Waals surface area contributed by atoms with Gasteiger partial charge in [0.15, 0.2) is 12.0 Å². The van der Waals surface area contributed by atoms with Crippen LogP contribution in [0.1, 0.15) is 5.56 Å². The van der Waals surface area contributed by atoms with E-state index in [1.807, 2.05) is 0 Å². The Kier molecular flexibility index (Phi) is 1.78. The second-order valence-electron chi connectivity index (χ2n) is 2.74. The lowest BCUT2D eigenvalue weighted by atomic mass is 10.1. The van der Waals surface area contributed by atoms with Gasteiger partial charge in [-0.1, -0.05) is 0 Å². The molecular formula is C9H6N2O3. The van der Waals surface area contributed by atoms with E-state index in [9.17, 15) is 10.1 Å². The number of fused-ring (bicyclic) bond motifs is 1. The van der Waals surface area contributed by atoms with Crippen LogP contribution in [0.15, 0.2) is 35.6 Å². The molecule has 0 saturated heterocycles. The van der Waals surface area contributed by atoms with E-state index in [1.165, 1.54) is 6.39 Å². The average Bonchev–Trinajstić information content (AvgIpc) is 2.62. The fourth-order valence-corrected chi connectivity index (χ4v) is 1.14. The third-order valence-electron chi connectivity index (χ3n) is 1.88. The van der Waals surface area contributed by atoms with Crippen molar-refractivity contribution in [1.29, 1.82) is 0 Å². The van der Waals surface area contributed by atoms with Gasteiger partial charge in [0.25, 0.3) is 5.70 Å². The first-order valence-electron chi connectivity index (χ1n) is 3.85. The largest absolute Gasteiger partial charge is 0.443 e. The topological polar surface area (TPSA) is 69.2 Å². The van der Waals surface area contributed by atoms with Crippen molar-refractivity contribution >= 4 is 16.8 Å². The van der Waals surface area contributed by atoms with Crippen LogP contribution in [0.25, 0.3) is 16.8 Å². The van der Waals surface area contributed by atoms with Crippen LogP contribution in [-0.2, 0) is 0 Å². The highest BCUT2D eigenvalue weighted by molar-refractivity contribution is 5.76. The molecule has 2 aromatic rings. The minimum absolute atomic E-state index is 0.144. The van der Waals surface area contributed by atoms with Gasteiger partial charge >= 0.3 is 0 Å². The van der Waals surface area contributed by atoms with Gasteiger partial charge in [0, 0.05) is 0 Å². The smallest absolute Gasteiger partial charge is 0.269 e. The van der Waals surface area contributed by atoms with E-state index < -0.39 is 4.92 Å². The van der Waals surface area contributed by atoms with Gasteiger partial charge in [-0.05, 0) is 24.8 Å². The molecule has 0 aliphatic rings. The molecule has 0 atom stereocenters. The Morgan fingerprint density at radius 2 is 2.36 bits per heavy atom. The van der Waals surface area contributed by atoms with Gasteiger partial charge in [-0.3, -0.25) is 10.1 Å². The lowest BCUT2D eigenvalue weighted by Crippen LogP contribution is -1.95. The van der Waals surface area contributed by atoms with Crippen LogP contribution in [0.2, 0.25) is 0 Å². The Morgan fingerprint density at radius 3 is 3.07 bits per heavy atom. The Morgan fingerprint density at radius 1 is 1.57 bits per heavy atom. The molecule has 0 radical (unpaired) electrons. The van der Waals surface area contributed by atoms with Crippen LogP contribution >= 0.6 is 0 Å². The molecule has 14 heavy (non-hydrogen) atoms. The van der Waals surface area contributed by atoms with Crippen LogP contribution in [0.4, 0.5) is 0 Å². The number of benzene rings is 1. The molecule has 2 rings (SSSR count). The first kappa shape index (κ1) is 8.43. The molecule has 70 valence electrons. The molecular weight excluding hydrogens is 184 g/mol. The highest BCUT2D eigenvalue weighted by Gasteiger charge is 2.11. The van der Waals surface area contributed by atoms with Crippen LogP contribution in [-0.4, -0.2) is 9.91 Å². The SMILES string of the molecule is C=C(c1ccc2ocnc2c1)[N+](=O)[O-]. The van der Waals surface area contributed by atoms with Crippen LogP contribution in [0.5, 0.6) is 0 Å². The Hall–Kier alpha value is -2.17. The van der Waals surface area contributed by atoms with Crippen molar-refractivity contribution in [3.8, 4) is 0 Å². The summed E-state index contributed by atoms with van der Waals surface area (Å²) in [5, 5.41) is 10.4. The van der Waals surface area contributed by atoms with Gasteiger partial charge in [-0.25, -0.2) is 4.98 Å². The Bertz CT molecular complexity index is 516. The summed E-state index contributed by atoms with van der Waals surface area (Å²) >= 11 is 0. The Balaban J connectivity index is 2.54. The minimum atomic E-state index is -0.527. The van der Waals surface area contributed by atoms with Crippen molar-refractivity contribution in [3.63, 3.8) is 0 Å². The Labute approximate surface area is 78.8 Å². The normalized spacial score (nSPS) is 10.3. The van der Waals surface area contributed by atoms with E-state index in [0.29, 0.717) is 16.7 Å². The van der Waals surface area contributed by atoms with E-state index in [2.05, 4.69) is 11.6 Å². The molecule has 0 N–H and O–H groups in total. The molecule has 0 unspecified atom stereocenters. The number of nitrogens with zero attached hydrogens (tertiary/aromatic N) is 2. The van der Waals surface area contributed by atoms with Gasteiger partial charge in [-0.15, -0.1) is 0 Å². The summed E-state index contributed by atoms with van der Waals surface area (Å²) in [4.78, 5) is 13.8. The summed E-state index contributed by atoms with van der Waals surface area (Å²) < 4.78 is 5.00. The molecule has 5 heteroatoms. The van der Waals surface area contributed by atoms with Crippen molar-refractivity contribution in [2.45, 2.75) is 0 Å². The number of aromatic nitrogens is 1. The highest BCUT2D eigenvalue weighted by atomic mass is 16.6. The minimum Gasteiger partial charge on any atom is -0.443 e. The molecule has 5 nitrogen and oxygen atoms in total. The molecule has 0 bridgehead atoms. The lowest BCUT2D eigenvalue weighted by molar-refractivity contribution is -0.375. The van der Waals surface area contributed by atoms with Crippen LogP contribution < -0.4 is 0 Å². The van der Waals surface area contributed by atoms with E-state index in [1.54, 1.807) is 18.2 Å². The van der Waals surface area contributed by atoms with Gasteiger partial charge in [-0.2, -0.15) is 0 Å². The number of nitro groups is 1. The average molecular weight is 190 g/mol. The van der Waals surface area contributed by atoms with Crippen LogP contribution in [0, 0.1) is 10.1 Å². The molecule has 0 aliphatic heterocycles. The summed E-state index contributed by atoms with van der Waals surface area (Å²) in [6, 6.07) is 4.79. The van der Waals surface area contributed by atoms with Gasteiger partial charge in [0.05, 0.1) is 10.5 Å². The highest BCUT2D eigenvalue weighted by Crippen LogP contribution is 2.19. The van der Waals surface area contributed by atoms with E-state index in [4.69, 9.17) is 4.42 Å². The first-order valence-corrected chi connectivity index (χ1v) is 3.85. The van der Waals surface area contributed by atoms with Crippen molar-refractivity contribution in [2.75, 3.05) is 0 Å². The number of hydrogen-bond acceptors (Lipinski definition) is 4. The second kappa shape index (κ2) is 2.95. The predicted octanol–water partition coefficient (Wildman–Crippen LogP) is 2.08. The molecule has 0 spiro atoms. The van der Waals surface area contributed by atoms with Gasteiger partial charge in [0.2, 0.25) is 0 Å². The fraction of sp³-hybridized carbons (Fsp3) is 0. The van der Waals surface area contributed by atoms with Crippen LogP contribution in [0.3, 0.4) is 0 Å². The third kappa shape index (κ3) is 1.24. The molecule has 1 aromatic carbocycles. The predicted molar refractivity (Wildman–Crippen MR) is 50.0 cm³/mol. The molecule has 0 aliphatic carbocycles. The third-order valence-corrected chi connectivity index (χ3v) is 1.88. The molecule has 0 saturated carbocycles. The zero-order chi connectivity index (χ0) is 10.1. The van der Waals surface area contributed by atoms with E-state index in [0.717, 1.165) is 0 Å². The zero-order valence-electron chi connectivity index (χ0n) is 7.14. The number of rotatable bonds is 2.